The highest BCUT2D eigenvalue weighted by Gasteiger charge is 2.41. The average molecular weight is 531 g/mol. The fraction of sp³-hybridized carbons (Fsp3) is 0.207. The van der Waals surface area contributed by atoms with Crippen LogP contribution in [0.15, 0.2) is 83.4 Å². The van der Waals surface area contributed by atoms with E-state index in [2.05, 4.69) is 15.6 Å². The molecule has 2 N–H and O–H groups in total. The van der Waals surface area contributed by atoms with Gasteiger partial charge < -0.3 is 20.0 Å². The van der Waals surface area contributed by atoms with Crippen LogP contribution in [-0.2, 0) is 4.79 Å². The minimum atomic E-state index is -0.276. The lowest BCUT2D eigenvalue weighted by molar-refractivity contribution is -0.116. The number of carbonyl (C=O) groups is 1. The van der Waals surface area contributed by atoms with E-state index in [0.717, 1.165) is 39.6 Å². The molecule has 188 valence electrons. The second-order valence-electron chi connectivity index (χ2n) is 9.10. The van der Waals surface area contributed by atoms with E-state index in [1.165, 1.54) is 0 Å². The molecule has 2 aromatic carbocycles. The molecular formula is C29H27ClN4O2S. The maximum absolute atomic E-state index is 12.8. The second kappa shape index (κ2) is 10.7. The van der Waals surface area contributed by atoms with Crippen LogP contribution < -0.4 is 10.6 Å². The van der Waals surface area contributed by atoms with Gasteiger partial charge in [0, 0.05) is 35.4 Å². The molecule has 0 spiro atoms. The first kappa shape index (κ1) is 25.0. The summed E-state index contributed by atoms with van der Waals surface area (Å²) in [4.78, 5) is 19.4. The van der Waals surface area contributed by atoms with Crippen molar-refractivity contribution in [3.8, 4) is 11.3 Å². The maximum Gasteiger partial charge on any atom is 0.226 e. The Morgan fingerprint density at radius 2 is 1.95 bits per heavy atom. The zero-order valence-electron chi connectivity index (χ0n) is 20.6. The predicted molar refractivity (Wildman–Crippen MR) is 150 cm³/mol. The van der Waals surface area contributed by atoms with E-state index in [9.17, 15) is 4.79 Å². The molecule has 8 heteroatoms. The van der Waals surface area contributed by atoms with Crippen LogP contribution in [0.4, 0.5) is 5.69 Å². The van der Waals surface area contributed by atoms with Crippen LogP contribution in [0.5, 0.6) is 0 Å². The Balaban J connectivity index is 1.42. The molecule has 0 radical (unpaired) electrons. The fourth-order valence-electron chi connectivity index (χ4n) is 4.65. The monoisotopic (exact) mass is 530 g/mol. The molecule has 1 fully saturated rings. The molecule has 0 bridgehead atoms. The van der Waals surface area contributed by atoms with Crippen LogP contribution in [0.2, 0.25) is 5.02 Å². The number of carbonyl (C=O) groups excluding carboxylic acids is 1. The zero-order chi connectivity index (χ0) is 25.9. The van der Waals surface area contributed by atoms with Crippen molar-refractivity contribution in [1.29, 1.82) is 0 Å². The number of anilines is 1. The van der Waals surface area contributed by atoms with Crippen molar-refractivity contribution in [2.24, 2.45) is 0 Å². The van der Waals surface area contributed by atoms with Crippen molar-refractivity contribution in [2.75, 3.05) is 11.9 Å². The molecule has 4 aromatic rings. The molecule has 37 heavy (non-hydrogen) atoms. The molecule has 1 amide bonds. The minimum absolute atomic E-state index is 0.0804. The van der Waals surface area contributed by atoms with Gasteiger partial charge in [0.2, 0.25) is 5.91 Å². The fourth-order valence-corrected chi connectivity index (χ4v) is 5.16. The lowest BCUT2D eigenvalue weighted by Crippen LogP contribution is -2.32. The van der Waals surface area contributed by atoms with Gasteiger partial charge in [0.05, 0.1) is 11.7 Å². The standard InChI is InChI=1S/C29H27ClN4O2S/c1-18-7-5-8-20(17-18)32-26(35)14-16-34-28(27(33-29(34)37)23-11-3-4-15-31-23)25-13-12-24(36-25)21-9-6-10-22(30)19(21)2/h3-13,15,17,27-28H,14,16H2,1-2H3,(H,32,35)(H,33,37)/t27-,28-/m1/s1. The number of nitrogens with zero attached hydrogens (tertiary/aromatic N) is 2. The Hall–Kier alpha value is -3.68. The third-order valence-corrected chi connectivity index (χ3v) is 7.29. The number of nitrogens with one attached hydrogen (secondary N) is 2. The largest absolute Gasteiger partial charge is 0.459 e. The van der Waals surface area contributed by atoms with Gasteiger partial charge in [-0.2, -0.15) is 0 Å². The van der Waals surface area contributed by atoms with Crippen LogP contribution in [-0.4, -0.2) is 27.4 Å². The van der Waals surface area contributed by atoms with Gasteiger partial charge in [-0.15, -0.1) is 0 Å². The molecule has 6 nitrogen and oxygen atoms in total. The van der Waals surface area contributed by atoms with Crippen molar-refractivity contribution in [1.82, 2.24) is 15.2 Å². The number of thiocarbonyl (C=S) groups is 1. The van der Waals surface area contributed by atoms with Crippen LogP contribution in [0.3, 0.4) is 0 Å². The third kappa shape index (κ3) is 5.38. The summed E-state index contributed by atoms with van der Waals surface area (Å²) in [7, 11) is 0. The van der Waals surface area contributed by atoms with Gasteiger partial charge in [-0.3, -0.25) is 9.78 Å². The number of amides is 1. The Morgan fingerprint density at radius 1 is 1.11 bits per heavy atom. The van der Waals surface area contributed by atoms with Gasteiger partial charge >= 0.3 is 0 Å². The number of benzene rings is 2. The smallest absolute Gasteiger partial charge is 0.226 e. The molecular weight excluding hydrogens is 504 g/mol. The van der Waals surface area contributed by atoms with E-state index in [4.69, 9.17) is 28.2 Å². The SMILES string of the molecule is Cc1cccc(NC(=O)CCN2C(=S)N[C@H](c3ccccn3)[C@H]2c2ccc(-c3cccc(Cl)c3C)o2)c1. The molecule has 3 heterocycles. The molecule has 2 atom stereocenters. The first-order valence-electron chi connectivity index (χ1n) is 12.1. The van der Waals surface area contributed by atoms with E-state index >= 15 is 0 Å². The molecule has 0 aliphatic carbocycles. The van der Waals surface area contributed by atoms with Gasteiger partial charge in [-0.1, -0.05) is 41.9 Å². The summed E-state index contributed by atoms with van der Waals surface area (Å²) in [6, 6.07) is 22.7. The number of hydrogen-bond acceptors (Lipinski definition) is 4. The van der Waals surface area contributed by atoms with Crippen LogP contribution in [0.25, 0.3) is 11.3 Å². The van der Waals surface area contributed by atoms with E-state index < -0.39 is 0 Å². The first-order chi connectivity index (χ1) is 17.9. The summed E-state index contributed by atoms with van der Waals surface area (Å²) in [5.41, 5.74) is 4.60. The topological polar surface area (TPSA) is 70.4 Å². The zero-order valence-corrected chi connectivity index (χ0v) is 22.1. The normalized spacial score (nSPS) is 17.1. The van der Waals surface area contributed by atoms with Gasteiger partial charge in [0.15, 0.2) is 5.11 Å². The quantitative estimate of drug-likeness (QED) is 0.262. The van der Waals surface area contributed by atoms with E-state index in [1.54, 1.807) is 6.20 Å². The van der Waals surface area contributed by atoms with Crippen molar-refractivity contribution in [2.45, 2.75) is 32.4 Å². The molecule has 1 saturated heterocycles. The Bertz CT molecular complexity index is 1440. The summed E-state index contributed by atoms with van der Waals surface area (Å²) in [6.45, 7) is 4.39. The Morgan fingerprint density at radius 3 is 2.73 bits per heavy atom. The number of furan rings is 1. The summed E-state index contributed by atoms with van der Waals surface area (Å²) in [6.07, 6.45) is 2.03. The van der Waals surface area contributed by atoms with Crippen LogP contribution >= 0.6 is 23.8 Å². The summed E-state index contributed by atoms with van der Waals surface area (Å²) >= 11 is 12.1. The van der Waals surface area contributed by atoms with E-state index in [0.29, 0.717) is 16.7 Å². The number of rotatable bonds is 7. The molecule has 0 unspecified atom stereocenters. The predicted octanol–water partition coefficient (Wildman–Crippen LogP) is 6.61. The molecule has 2 aromatic heterocycles. The molecule has 5 rings (SSSR count). The highest BCUT2D eigenvalue weighted by molar-refractivity contribution is 7.80. The number of pyridine rings is 1. The highest BCUT2D eigenvalue weighted by Crippen LogP contribution is 2.41. The summed E-state index contributed by atoms with van der Waals surface area (Å²) in [5.74, 6) is 1.38. The van der Waals surface area contributed by atoms with Crippen LogP contribution in [0.1, 0.15) is 41.1 Å². The minimum Gasteiger partial charge on any atom is -0.459 e. The van der Waals surface area contributed by atoms with Gasteiger partial charge in [0.1, 0.15) is 17.6 Å². The van der Waals surface area contributed by atoms with Crippen molar-refractivity contribution >= 4 is 40.5 Å². The number of aromatic nitrogens is 1. The average Bonchev–Trinajstić information content (AvgIpc) is 3.49. The maximum atomic E-state index is 12.8. The third-order valence-electron chi connectivity index (χ3n) is 6.53. The van der Waals surface area contributed by atoms with Crippen molar-refractivity contribution in [3.63, 3.8) is 0 Å². The van der Waals surface area contributed by atoms with Crippen molar-refractivity contribution in [3.05, 3.63) is 107 Å². The van der Waals surface area contributed by atoms with Crippen molar-refractivity contribution < 1.29 is 9.21 Å². The van der Waals surface area contributed by atoms with E-state index in [1.807, 2.05) is 91.5 Å². The first-order valence-corrected chi connectivity index (χ1v) is 12.9. The number of aryl methyl sites for hydroxylation is 1. The lowest BCUT2D eigenvalue weighted by Gasteiger charge is -2.26. The Labute approximate surface area is 226 Å². The second-order valence-corrected chi connectivity index (χ2v) is 9.90. The highest BCUT2D eigenvalue weighted by atomic mass is 35.5. The van der Waals surface area contributed by atoms with Gasteiger partial charge in [0.25, 0.3) is 0 Å². The summed E-state index contributed by atoms with van der Waals surface area (Å²) < 4.78 is 6.41. The molecule has 1 aliphatic heterocycles. The van der Waals surface area contributed by atoms with E-state index in [-0.39, 0.29) is 24.4 Å². The number of halogens is 1. The van der Waals surface area contributed by atoms with Crippen LogP contribution in [0, 0.1) is 13.8 Å². The Kier molecular flexibility index (Phi) is 7.26. The molecule has 0 saturated carbocycles. The number of hydrogen-bond donors (Lipinski definition) is 2. The van der Waals surface area contributed by atoms with Gasteiger partial charge in [-0.05, 0) is 79.7 Å². The molecule has 1 aliphatic rings. The summed E-state index contributed by atoms with van der Waals surface area (Å²) in [5, 5.41) is 7.62. The lowest BCUT2D eigenvalue weighted by atomic mass is 10.0. The van der Waals surface area contributed by atoms with Gasteiger partial charge in [-0.25, -0.2) is 0 Å².